The van der Waals surface area contributed by atoms with Gasteiger partial charge in [0.25, 0.3) is 0 Å². The number of hydrogen-bond acceptors (Lipinski definition) is 4. The summed E-state index contributed by atoms with van der Waals surface area (Å²) in [5, 5.41) is 0.845. The lowest BCUT2D eigenvalue weighted by Gasteiger charge is -2.03. The standard InChI is InChI=1S/C11H10O3S/c1-2-13-7-3-4-8-9(12)6-11(15)14-10(8)5-7/h3-6,15H,2H2,1H3. The third-order valence-corrected chi connectivity index (χ3v) is 2.22. The van der Waals surface area contributed by atoms with Gasteiger partial charge in [0, 0.05) is 12.1 Å². The van der Waals surface area contributed by atoms with Gasteiger partial charge >= 0.3 is 0 Å². The molecule has 0 spiro atoms. The molecule has 2 aromatic rings. The molecule has 2 rings (SSSR count). The van der Waals surface area contributed by atoms with Crippen LogP contribution in [-0.4, -0.2) is 6.61 Å². The molecule has 0 amide bonds. The molecule has 0 radical (unpaired) electrons. The highest BCUT2D eigenvalue weighted by atomic mass is 32.1. The maximum absolute atomic E-state index is 11.5. The average molecular weight is 222 g/mol. The van der Waals surface area contributed by atoms with E-state index in [1.54, 1.807) is 18.2 Å². The van der Waals surface area contributed by atoms with Gasteiger partial charge in [0.15, 0.2) is 10.5 Å². The molecule has 3 nitrogen and oxygen atoms in total. The number of hydrogen-bond donors (Lipinski definition) is 1. The monoisotopic (exact) mass is 222 g/mol. The molecular formula is C11H10O3S. The molecule has 0 saturated carbocycles. The predicted molar refractivity (Wildman–Crippen MR) is 60.9 cm³/mol. The lowest BCUT2D eigenvalue weighted by atomic mass is 10.2. The lowest BCUT2D eigenvalue weighted by molar-refractivity contribution is 0.340. The molecule has 0 unspecified atom stereocenters. The van der Waals surface area contributed by atoms with Crippen molar-refractivity contribution in [2.75, 3.05) is 6.61 Å². The molecular weight excluding hydrogens is 212 g/mol. The Morgan fingerprint density at radius 2 is 2.20 bits per heavy atom. The smallest absolute Gasteiger partial charge is 0.193 e. The van der Waals surface area contributed by atoms with E-state index in [2.05, 4.69) is 12.6 Å². The summed E-state index contributed by atoms with van der Waals surface area (Å²) >= 11 is 4.01. The van der Waals surface area contributed by atoms with Gasteiger partial charge in [0.05, 0.1) is 12.0 Å². The van der Waals surface area contributed by atoms with Crippen molar-refractivity contribution in [3.63, 3.8) is 0 Å². The Morgan fingerprint density at radius 3 is 2.93 bits per heavy atom. The maximum Gasteiger partial charge on any atom is 0.193 e. The van der Waals surface area contributed by atoms with Gasteiger partial charge in [-0.25, -0.2) is 0 Å². The van der Waals surface area contributed by atoms with Gasteiger partial charge in [0.2, 0.25) is 0 Å². The van der Waals surface area contributed by atoms with Crippen molar-refractivity contribution in [3.8, 4) is 5.75 Å². The summed E-state index contributed by atoms with van der Waals surface area (Å²) in [6, 6.07) is 6.49. The van der Waals surface area contributed by atoms with Crippen LogP contribution < -0.4 is 10.2 Å². The zero-order valence-electron chi connectivity index (χ0n) is 8.19. The fourth-order valence-corrected chi connectivity index (χ4v) is 1.59. The van der Waals surface area contributed by atoms with Gasteiger partial charge in [-0.05, 0) is 19.1 Å². The van der Waals surface area contributed by atoms with Crippen LogP contribution in [0.3, 0.4) is 0 Å². The molecule has 0 aliphatic rings. The number of fused-ring (bicyclic) bond motifs is 1. The van der Waals surface area contributed by atoms with Crippen LogP contribution in [0.25, 0.3) is 11.0 Å². The SMILES string of the molecule is CCOc1ccc2c(=O)cc(S)oc2c1. The third kappa shape index (κ3) is 1.99. The van der Waals surface area contributed by atoms with Crippen molar-refractivity contribution in [2.24, 2.45) is 0 Å². The molecule has 0 atom stereocenters. The van der Waals surface area contributed by atoms with Crippen molar-refractivity contribution in [1.82, 2.24) is 0 Å². The van der Waals surface area contributed by atoms with E-state index < -0.39 is 0 Å². The normalized spacial score (nSPS) is 10.5. The molecule has 0 fully saturated rings. The number of benzene rings is 1. The summed E-state index contributed by atoms with van der Waals surface area (Å²) in [5.74, 6) is 0.687. The first-order valence-electron chi connectivity index (χ1n) is 4.60. The van der Waals surface area contributed by atoms with Crippen LogP contribution in [0.15, 0.2) is 38.6 Å². The second-order valence-corrected chi connectivity index (χ2v) is 3.48. The van der Waals surface area contributed by atoms with E-state index in [1.807, 2.05) is 6.92 Å². The molecule has 0 aliphatic carbocycles. The van der Waals surface area contributed by atoms with Crippen LogP contribution in [0, 0.1) is 0 Å². The first kappa shape index (κ1) is 10.1. The van der Waals surface area contributed by atoms with E-state index in [0.29, 0.717) is 28.4 Å². The van der Waals surface area contributed by atoms with Crippen LogP contribution in [-0.2, 0) is 0 Å². The average Bonchev–Trinajstić information content (AvgIpc) is 2.17. The minimum Gasteiger partial charge on any atom is -0.494 e. The zero-order valence-corrected chi connectivity index (χ0v) is 9.08. The summed E-state index contributed by atoms with van der Waals surface area (Å²) in [6.45, 7) is 2.48. The first-order chi connectivity index (χ1) is 7.20. The predicted octanol–water partition coefficient (Wildman–Crippen LogP) is 2.48. The summed E-state index contributed by atoms with van der Waals surface area (Å²) < 4.78 is 10.6. The third-order valence-electron chi connectivity index (χ3n) is 2.00. The van der Waals surface area contributed by atoms with Crippen molar-refractivity contribution < 1.29 is 9.15 Å². The molecule has 1 heterocycles. The van der Waals surface area contributed by atoms with Crippen molar-refractivity contribution >= 4 is 23.6 Å². The number of thiol groups is 1. The Kier molecular flexibility index (Phi) is 2.68. The number of ether oxygens (including phenoxy) is 1. The lowest BCUT2D eigenvalue weighted by Crippen LogP contribution is -1.99. The quantitative estimate of drug-likeness (QED) is 0.793. The van der Waals surface area contributed by atoms with Gasteiger partial charge in [-0.3, -0.25) is 4.79 Å². The number of rotatable bonds is 2. The summed E-state index contributed by atoms with van der Waals surface area (Å²) in [5.41, 5.74) is 0.405. The summed E-state index contributed by atoms with van der Waals surface area (Å²) in [4.78, 5) is 11.5. The largest absolute Gasteiger partial charge is 0.494 e. The van der Waals surface area contributed by atoms with Crippen LogP contribution >= 0.6 is 12.6 Å². The van der Waals surface area contributed by atoms with E-state index in [1.165, 1.54) is 6.07 Å². The van der Waals surface area contributed by atoms with Gasteiger partial charge in [-0.15, -0.1) is 12.6 Å². The van der Waals surface area contributed by atoms with Gasteiger partial charge < -0.3 is 9.15 Å². The van der Waals surface area contributed by atoms with E-state index in [9.17, 15) is 4.79 Å². The van der Waals surface area contributed by atoms with Crippen molar-refractivity contribution in [2.45, 2.75) is 12.0 Å². The highest BCUT2D eigenvalue weighted by molar-refractivity contribution is 7.80. The molecule has 0 N–H and O–H groups in total. The molecule has 1 aromatic heterocycles. The van der Waals surface area contributed by atoms with Gasteiger partial charge in [0.1, 0.15) is 11.3 Å². The van der Waals surface area contributed by atoms with E-state index >= 15 is 0 Å². The van der Waals surface area contributed by atoms with Crippen LogP contribution in [0.5, 0.6) is 5.75 Å². The Balaban J connectivity index is 2.65. The van der Waals surface area contributed by atoms with Crippen LogP contribution in [0.2, 0.25) is 0 Å². The Morgan fingerprint density at radius 1 is 1.40 bits per heavy atom. The van der Waals surface area contributed by atoms with Crippen molar-refractivity contribution in [3.05, 3.63) is 34.5 Å². The highest BCUT2D eigenvalue weighted by Crippen LogP contribution is 2.20. The van der Waals surface area contributed by atoms with E-state index in [4.69, 9.17) is 9.15 Å². The van der Waals surface area contributed by atoms with E-state index in [0.717, 1.165) is 0 Å². The molecule has 0 aliphatic heterocycles. The fraction of sp³-hybridized carbons (Fsp3) is 0.182. The minimum absolute atomic E-state index is 0.0932. The molecule has 1 aromatic carbocycles. The van der Waals surface area contributed by atoms with Crippen molar-refractivity contribution in [1.29, 1.82) is 0 Å². The summed E-state index contributed by atoms with van der Waals surface area (Å²) in [7, 11) is 0. The Hall–Kier alpha value is -1.42. The second-order valence-electron chi connectivity index (χ2n) is 3.04. The van der Waals surface area contributed by atoms with Crippen LogP contribution in [0.4, 0.5) is 0 Å². The molecule has 4 heteroatoms. The highest BCUT2D eigenvalue weighted by Gasteiger charge is 2.03. The maximum atomic E-state index is 11.5. The fourth-order valence-electron chi connectivity index (χ4n) is 1.38. The van der Waals surface area contributed by atoms with E-state index in [-0.39, 0.29) is 5.43 Å². The van der Waals surface area contributed by atoms with Gasteiger partial charge in [-0.2, -0.15) is 0 Å². The molecule has 78 valence electrons. The minimum atomic E-state index is -0.0932. The Bertz CT molecular complexity index is 545. The van der Waals surface area contributed by atoms with Crippen LogP contribution in [0.1, 0.15) is 6.92 Å². The summed E-state index contributed by atoms with van der Waals surface area (Å²) in [6.07, 6.45) is 0. The molecule has 0 saturated heterocycles. The second kappa shape index (κ2) is 3.98. The zero-order chi connectivity index (χ0) is 10.8. The Labute approximate surface area is 92.1 Å². The topological polar surface area (TPSA) is 39.4 Å². The molecule has 15 heavy (non-hydrogen) atoms. The first-order valence-corrected chi connectivity index (χ1v) is 5.05. The van der Waals surface area contributed by atoms with Gasteiger partial charge in [-0.1, -0.05) is 0 Å². The molecule has 0 bridgehead atoms.